The first kappa shape index (κ1) is 17.0. The van der Waals surface area contributed by atoms with E-state index in [1.165, 1.54) is 32.1 Å². The summed E-state index contributed by atoms with van der Waals surface area (Å²) in [4.78, 5) is 0. The summed E-state index contributed by atoms with van der Waals surface area (Å²) in [7, 11) is 0. The van der Waals surface area contributed by atoms with Gasteiger partial charge in [0.1, 0.15) is 0 Å². The molecule has 0 aromatic rings. The predicted octanol–water partition coefficient (Wildman–Crippen LogP) is 6.30. The Hall–Kier alpha value is 0. The van der Waals surface area contributed by atoms with E-state index in [1.54, 1.807) is 0 Å². The van der Waals surface area contributed by atoms with Crippen LogP contribution >= 0.6 is 0 Å². The van der Waals surface area contributed by atoms with Gasteiger partial charge in [0.2, 0.25) is 0 Å². The molecule has 0 nitrogen and oxygen atoms in total. The van der Waals surface area contributed by atoms with Gasteiger partial charge in [-0.25, -0.2) is 0 Å². The first-order chi connectivity index (χ1) is 7.74. The Morgan fingerprint density at radius 1 is 0.765 bits per heavy atom. The van der Waals surface area contributed by atoms with Gasteiger partial charge in [-0.15, -0.1) is 0 Å². The highest BCUT2D eigenvalue weighted by molar-refractivity contribution is 4.86. The maximum Gasteiger partial charge on any atom is -0.0318 e. The largest absolute Gasteiger partial charge is 0.0651 e. The van der Waals surface area contributed by atoms with Crippen molar-refractivity contribution in [2.75, 3.05) is 0 Å². The van der Waals surface area contributed by atoms with Crippen molar-refractivity contribution in [1.29, 1.82) is 0 Å². The summed E-state index contributed by atoms with van der Waals surface area (Å²) in [6, 6.07) is 0. The van der Waals surface area contributed by atoms with E-state index in [9.17, 15) is 0 Å². The molecule has 1 unspecified atom stereocenters. The molecule has 0 aliphatic heterocycles. The van der Waals surface area contributed by atoms with E-state index in [1.807, 2.05) is 0 Å². The van der Waals surface area contributed by atoms with Crippen molar-refractivity contribution in [3.05, 3.63) is 0 Å². The van der Waals surface area contributed by atoms with Crippen LogP contribution in [-0.2, 0) is 0 Å². The zero-order valence-electron chi connectivity index (χ0n) is 13.7. The summed E-state index contributed by atoms with van der Waals surface area (Å²) >= 11 is 0. The molecule has 104 valence electrons. The molecule has 0 aromatic heterocycles. The molecule has 0 aromatic carbocycles. The third-order valence-corrected chi connectivity index (χ3v) is 4.95. The molecular formula is C17H36. The van der Waals surface area contributed by atoms with Gasteiger partial charge in [0.05, 0.1) is 0 Å². The fourth-order valence-electron chi connectivity index (χ4n) is 3.87. The molecule has 0 amide bonds. The Kier molecular flexibility index (Phi) is 6.81. The Labute approximate surface area is 111 Å². The molecule has 0 rings (SSSR count). The van der Waals surface area contributed by atoms with Crippen molar-refractivity contribution in [3.63, 3.8) is 0 Å². The maximum absolute atomic E-state index is 2.50. The van der Waals surface area contributed by atoms with Crippen LogP contribution in [0.3, 0.4) is 0 Å². The number of hydrogen-bond donors (Lipinski definition) is 0. The first-order valence-corrected chi connectivity index (χ1v) is 7.74. The summed E-state index contributed by atoms with van der Waals surface area (Å²) in [5.74, 6) is 1.78. The van der Waals surface area contributed by atoms with Gasteiger partial charge in [0.25, 0.3) is 0 Å². The molecule has 0 bridgehead atoms. The molecule has 0 radical (unpaired) electrons. The van der Waals surface area contributed by atoms with Crippen molar-refractivity contribution in [3.8, 4) is 0 Å². The van der Waals surface area contributed by atoms with Crippen LogP contribution in [0.1, 0.15) is 87.5 Å². The van der Waals surface area contributed by atoms with E-state index in [0.29, 0.717) is 10.8 Å². The summed E-state index contributed by atoms with van der Waals surface area (Å²) < 4.78 is 0. The highest BCUT2D eigenvalue weighted by atomic mass is 14.4. The van der Waals surface area contributed by atoms with E-state index >= 15 is 0 Å². The van der Waals surface area contributed by atoms with E-state index < -0.39 is 0 Å². The smallest absolute Gasteiger partial charge is 0.0318 e. The third-order valence-electron chi connectivity index (χ3n) is 4.95. The second kappa shape index (κ2) is 6.81. The van der Waals surface area contributed by atoms with Crippen LogP contribution in [0.5, 0.6) is 0 Å². The summed E-state index contributed by atoms with van der Waals surface area (Å²) in [6.07, 6.45) is 6.65. The maximum atomic E-state index is 2.50. The molecule has 0 saturated heterocycles. The van der Waals surface area contributed by atoms with Crippen LogP contribution in [0.4, 0.5) is 0 Å². The highest BCUT2D eigenvalue weighted by Gasteiger charge is 2.36. The predicted molar refractivity (Wildman–Crippen MR) is 80.3 cm³/mol. The van der Waals surface area contributed by atoms with Gasteiger partial charge in [-0.1, -0.05) is 81.1 Å². The van der Waals surface area contributed by atoms with Gasteiger partial charge in [0.15, 0.2) is 0 Å². The van der Waals surface area contributed by atoms with Crippen LogP contribution in [0.2, 0.25) is 0 Å². The van der Waals surface area contributed by atoms with Crippen molar-refractivity contribution in [1.82, 2.24) is 0 Å². The lowest BCUT2D eigenvalue weighted by atomic mass is 9.62. The van der Waals surface area contributed by atoms with Crippen LogP contribution in [0, 0.1) is 22.7 Å². The van der Waals surface area contributed by atoms with E-state index in [0.717, 1.165) is 11.8 Å². The molecule has 0 aliphatic carbocycles. The molecule has 0 aliphatic rings. The molecule has 0 saturated carbocycles. The van der Waals surface area contributed by atoms with Gasteiger partial charge >= 0.3 is 0 Å². The standard InChI is InChI=1S/C17H36/c1-9-14(10-2)15(11-3)17(7,8)13-16(5,6)12-4/h14-15H,9-13H2,1-8H3. The number of hydrogen-bond acceptors (Lipinski definition) is 0. The Balaban J connectivity index is 4.85. The van der Waals surface area contributed by atoms with Crippen molar-refractivity contribution < 1.29 is 0 Å². The van der Waals surface area contributed by atoms with Gasteiger partial charge in [0, 0.05) is 0 Å². The topological polar surface area (TPSA) is 0 Å². The molecule has 0 spiro atoms. The third kappa shape index (κ3) is 5.02. The highest BCUT2D eigenvalue weighted by Crippen LogP contribution is 2.46. The Morgan fingerprint density at radius 2 is 1.24 bits per heavy atom. The lowest BCUT2D eigenvalue weighted by Gasteiger charge is -2.43. The van der Waals surface area contributed by atoms with Crippen molar-refractivity contribution >= 4 is 0 Å². The van der Waals surface area contributed by atoms with Crippen LogP contribution in [-0.4, -0.2) is 0 Å². The number of rotatable bonds is 8. The van der Waals surface area contributed by atoms with Crippen molar-refractivity contribution in [2.24, 2.45) is 22.7 Å². The average Bonchev–Trinajstić information content (AvgIpc) is 2.23. The monoisotopic (exact) mass is 240 g/mol. The van der Waals surface area contributed by atoms with Gasteiger partial charge in [-0.2, -0.15) is 0 Å². The van der Waals surface area contributed by atoms with Crippen LogP contribution in [0.15, 0.2) is 0 Å². The Morgan fingerprint density at radius 3 is 1.53 bits per heavy atom. The zero-order valence-corrected chi connectivity index (χ0v) is 13.7. The minimum absolute atomic E-state index is 0.477. The molecule has 1 atom stereocenters. The lowest BCUT2D eigenvalue weighted by molar-refractivity contribution is 0.0685. The molecular weight excluding hydrogens is 204 g/mol. The fraction of sp³-hybridized carbons (Fsp3) is 1.00. The normalized spacial score (nSPS) is 15.4. The van der Waals surface area contributed by atoms with E-state index in [4.69, 9.17) is 0 Å². The van der Waals surface area contributed by atoms with Gasteiger partial charge < -0.3 is 0 Å². The first-order valence-electron chi connectivity index (χ1n) is 7.74. The van der Waals surface area contributed by atoms with Crippen LogP contribution in [0.25, 0.3) is 0 Å². The zero-order chi connectivity index (χ0) is 13.7. The van der Waals surface area contributed by atoms with Gasteiger partial charge in [-0.3, -0.25) is 0 Å². The summed E-state index contributed by atoms with van der Waals surface area (Å²) in [6.45, 7) is 19.3. The molecule has 0 heterocycles. The SMILES string of the molecule is CCC(CC)C(CC)C(C)(C)CC(C)(C)CC. The second-order valence-electron chi connectivity index (χ2n) is 7.27. The quantitative estimate of drug-likeness (QED) is 0.467. The lowest BCUT2D eigenvalue weighted by Crippen LogP contribution is -2.34. The fourth-order valence-corrected chi connectivity index (χ4v) is 3.87. The molecule has 0 heteroatoms. The van der Waals surface area contributed by atoms with Crippen molar-refractivity contribution in [2.45, 2.75) is 87.5 Å². The minimum atomic E-state index is 0.477. The van der Waals surface area contributed by atoms with Gasteiger partial charge in [-0.05, 0) is 29.1 Å². The molecule has 17 heavy (non-hydrogen) atoms. The van der Waals surface area contributed by atoms with Crippen LogP contribution < -0.4 is 0 Å². The summed E-state index contributed by atoms with van der Waals surface area (Å²) in [5.41, 5.74) is 0.966. The minimum Gasteiger partial charge on any atom is -0.0651 e. The van der Waals surface area contributed by atoms with E-state index in [2.05, 4.69) is 55.4 Å². The Bertz CT molecular complexity index is 196. The average molecular weight is 240 g/mol. The molecule has 0 fully saturated rings. The molecule has 0 N–H and O–H groups in total. The van der Waals surface area contributed by atoms with E-state index in [-0.39, 0.29) is 0 Å². The summed E-state index contributed by atoms with van der Waals surface area (Å²) in [5, 5.41) is 0. The second-order valence-corrected chi connectivity index (χ2v) is 7.27.